The first-order valence-corrected chi connectivity index (χ1v) is 5.56. The maximum absolute atomic E-state index is 9.41. The minimum atomic E-state index is 0.369. The summed E-state index contributed by atoms with van der Waals surface area (Å²) in [5.41, 5.74) is 8.09. The van der Waals surface area contributed by atoms with Gasteiger partial charge in [0.05, 0.1) is 0 Å². The van der Waals surface area contributed by atoms with Gasteiger partial charge < -0.3 is 16.2 Å². The second-order valence-corrected chi connectivity index (χ2v) is 4.07. The molecule has 0 spiro atoms. The molecule has 0 amide bonds. The van der Waals surface area contributed by atoms with Crippen molar-refractivity contribution in [3.63, 3.8) is 0 Å². The number of nitrogens with two attached hydrogens (primary N) is 1. The summed E-state index contributed by atoms with van der Waals surface area (Å²) in [6, 6.07) is 6.09. The topological polar surface area (TPSA) is 58.3 Å². The van der Waals surface area contributed by atoms with Gasteiger partial charge >= 0.3 is 0 Å². The van der Waals surface area contributed by atoms with Gasteiger partial charge in [-0.1, -0.05) is 6.07 Å². The minimum Gasteiger partial charge on any atom is -0.508 e. The highest BCUT2D eigenvalue weighted by molar-refractivity contribution is 5.38. The van der Waals surface area contributed by atoms with Crippen LogP contribution in [0.4, 0.5) is 0 Å². The van der Waals surface area contributed by atoms with Crippen LogP contribution in [0.1, 0.15) is 30.0 Å². The Balaban J connectivity index is 2.18. The number of aryl methyl sites for hydroxylation is 1. The van der Waals surface area contributed by atoms with Crippen molar-refractivity contribution in [3.8, 4) is 5.75 Å². The monoisotopic (exact) mass is 206 g/mol. The largest absolute Gasteiger partial charge is 0.508 e. The van der Waals surface area contributed by atoms with Gasteiger partial charge in [0, 0.05) is 19.1 Å². The SMILES string of the molecule is NCCNC1CCCc2cc(O)ccc21. The number of hydrogen-bond donors (Lipinski definition) is 3. The van der Waals surface area contributed by atoms with E-state index in [0.29, 0.717) is 18.3 Å². The fraction of sp³-hybridized carbons (Fsp3) is 0.500. The Labute approximate surface area is 90.3 Å². The number of fused-ring (bicyclic) bond motifs is 1. The lowest BCUT2D eigenvalue weighted by Crippen LogP contribution is -2.29. The number of rotatable bonds is 3. The molecule has 3 heteroatoms. The summed E-state index contributed by atoms with van der Waals surface area (Å²) in [5, 5.41) is 12.9. The van der Waals surface area contributed by atoms with E-state index in [0.717, 1.165) is 19.4 Å². The molecule has 1 aliphatic rings. The van der Waals surface area contributed by atoms with Gasteiger partial charge in [-0.25, -0.2) is 0 Å². The first kappa shape index (κ1) is 10.5. The van der Waals surface area contributed by atoms with Crippen molar-refractivity contribution < 1.29 is 5.11 Å². The minimum absolute atomic E-state index is 0.369. The van der Waals surface area contributed by atoms with Gasteiger partial charge in [-0.05, 0) is 42.5 Å². The lowest BCUT2D eigenvalue weighted by Gasteiger charge is -2.26. The molecule has 1 aliphatic carbocycles. The molecule has 0 aliphatic heterocycles. The second-order valence-electron chi connectivity index (χ2n) is 4.07. The third kappa shape index (κ3) is 2.30. The molecule has 3 nitrogen and oxygen atoms in total. The second kappa shape index (κ2) is 4.64. The zero-order chi connectivity index (χ0) is 10.7. The molecule has 0 bridgehead atoms. The van der Waals surface area contributed by atoms with Crippen LogP contribution < -0.4 is 11.1 Å². The highest BCUT2D eigenvalue weighted by atomic mass is 16.3. The van der Waals surface area contributed by atoms with Crippen LogP contribution in [0.2, 0.25) is 0 Å². The third-order valence-corrected chi connectivity index (χ3v) is 2.98. The smallest absolute Gasteiger partial charge is 0.115 e. The van der Waals surface area contributed by atoms with Gasteiger partial charge in [-0.15, -0.1) is 0 Å². The molecule has 15 heavy (non-hydrogen) atoms. The Morgan fingerprint density at radius 1 is 1.47 bits per heavy atom. The zero-order valence-electron chi connectivity index (χ0n) is 8.87. The lowest BCUT2D eigenvalue weighted by molar-refractivity contribution is 0.454. The number of nitrogens with one attached hydrogen (secondary N) is 1. The molecule has 82 valence electrons. The summed E-state index contributed by atoms with van der Waals surface area (Å²) in [6.45, 7) is 1.52. The van der Waals surface area contributed by atoms with Crippen LogP contribution in [0.5, 0.6) is 5.75 Å². The van der Waals surface area contributed by atoms with Gasteiger partial charge in [0.1, 0.15) is 5.75 Å². The molecule has 0 radical (unpaired) electrons. The molecular weight excluding hydrogens is 188 g/mol. The summed E-state index contributed by atoms with van der Waals surface area (Å²) in [4.78, 5) is 0. The highest BCUT2D eigenvalue weighted by Gasteiger charge is 2.19. The first-order chi connectivity index (χ1) is 7.31. The van der Waals surface area contributed by atoms with Gasteiger partial charge in [-0.3, -0.25) is 0 Å². The van der Waals surface area contributed by atoms with Crippen LogP contribution in [0.15, 0.2) is 18.2 Å². The fourth-order valence-corrected chi connectivity index (χ4v) is 2.27. The summed E-state index contributed by atoms with van der Waals surface area (Å²) < 4.78 is 0. The van der Waals surface area contributed by atoms with Crippen molar-refractivity contribution in [1.29, 1.82) is 0 Å². The Hall–Kier alpha value is -1.06. The van der Waals surface area contributed by atoms with E-state index in [1.165, 1.54) is 17.5 Å². The molecule has 0 fully saturated rings. The summed E-state index contributed by atoms with van der Waals surface area (Å²) in [5.74, 6) is 0.369. The molecule has 1 aromatic carbocycles. The summed E-state index contributed by atoms with van der Waals surface area (Å²) in [6.07, 6.45) is 3.42. The van der Waals surface area contributed by atoms with E-state index in [-0.39, 0.29) is 0 Å². The van der Waals surface area contributed by atoms with E-state index in [9.17, 15) is 5.11 Å². The van der Waals surface area contributed by atoms with Gasteiger partial charge in [-0.2, -0.15) is 0 Å². The maximum Gasteiger partial charge on any atom is 0.115 e. The quantitative estimate of drug-likeness (QED) is 0.699. The standard InChI is InChI=1S/C12H18N2O/c13-6-7-14-12-3-1-2-9-8-10(15)4-5-11(9)12/h4-5,8,12,14-15H,1-3,6-7,13H2. The van der Waals surface area contributed by atoms with Gasteiger partial charge in [0.25, 0.3) is 0 Å². The normalized spacial score (nSPS) is 19.9. The Kier molecular flexibility index (Phi) is 3.23. The highest BCUT2D eigenvalue weighted by Crippen LogP contribution is 2.31. The molecule has 0 saturated carbocycles. The van der Waals surface area contributed by atoms with Gasteiger partial charge in [0.15, 0.2) is 0 Å². The van der Waals surface area contributed by atoms with E-state index in [4.69, 9.17) is 5.73 Å². The average Bonchev–Trinajstić information content (AvgIpc) is 2.25. The van der Waals surface area contributed by atoms with E-state index >= 15 is 0 Å². The third-order valence-electron chi connectivity index (χ3n) is 2.98. The van der Waals surface area contributed by atoms with Crippen molar-refractivity contribution in [2.45, 2.75) is 25.3 Å². The lowest BCUT2D eigenvalue weighted by atomic mass is 9.87. The summed E-state index contributed by atoms with van der Waals surface area (Å²) in [7, 11) is 0. The molecule has 1 unspecified atom stereocenters. The molecule has 1 atom stereocenters. The molecule has 0 aromatic heterocycles. The van der Waals surface area contributed by atoms with E-state index in [1.807, 2.05) is 12.1 Å². The van der Waals surface area contributed by atoms with Crippen molar-refractivity contribution in [2.75, 3.05) is 13.1 Å². The Morgan fingerprint density at radius 2 is 2.33 bits per heavy atom. The number of aromatic hydroxyl groups is 1. The number of phenols is 1. The van der Waals surface area contributed by atoms with Crippen molar-refractivity contribution >= 4 is 0 Å². The fourth-order valence-electron chi connectivity index (χ4n) is 2.27. The molecular formula is C12H18N2O. The molecule has 2 rings (SSSR count). The number of hydrogen-bond acceptors (Lipinski definition) is 3. The van der Waals surface area contributed by atoms with Crippen molar-refractivity contribution in [3.05, 3.63) is 29.3 Å². The van der Waals surface area contributed by atoms with Crippen molar-refractivity contribution in [2.24, 2.45) is 5.73 Å². The first-order valence-electron chi connectivity index (χ1n) is 5.56. The van der Waals surface area contributed by atoms with Crippen LogP contribution in [0.3, 0.4) is 0 Å². The number of benzene rings is 1. The van der Waals surface area contributed by atoms with Gasteiger partial charge in [0.2, 0.25) is 0 Å². The molecule has 0 heterocycles. The van der Waals surface area contributed by atoms with Crippen LogP contribution >= 0.6 is 0 Å². The predicted molar refractivity (Wildman–Crippen MR) is 60.8 cm³/mol. The van der Waals surface area contributed by atoms with E-state index in [2.05, 4.69) is 5.32 Å². The van der Waals surface area contributed by atoms with Crippen LogP contribution in [-0.4, -0.2) is 18.2 Å². The van der Waals surface area contributed by atoms with Crippen LogP contribution in [0.25, 0.3) is 0 Å². The van der Waals surface area contributed by atoms with E-state index in [1.54, 1.807) is 6.07 Å². The molecule has 4 N–H and O–H groups in total. The van der Waals surface area contributed by atoms with Crippen LogP contribution in [0, 0.1) is 0 Å². The Bertz CT molecular complexity index is 338. The number of phenolic OH excluding ortho intramolecular Hbond substituents is 1. The summed E-state index contributed by atoms with van der Waals surface area (Å²) >= 11 is 0. The average molecular weight is 206 g/mol. The molecule has 0 saturated heterocycles. The zero-order valence-corrected chi connectivity index (χ0v) is 8.87. The van der Waals surface area contributed by atoms with E-state index < -0.39 is 0 Å². The molecule has 1 aromatic rings. The predicted octanol–water partition coefficient (Wildman–Crippen LogP) is 1.32. The Morgan fingerprint density at radius 3 is 3.13 bits per heavy atom. The maximum atomic E-state index is 9.41. The van der Waals surface area contributed by atoms with Crippen molar-refractivity contribution in [1.82, 2.24) is 5.32 Å². The van der Waals surface area contributed by atoms with Crippen LogP contribution in [-0.2, 0) is 6.42 Å².